The number of carboxylic acids is 1. The van der Waals surface area contributed by atoms with Gasteiger partial charge in [-0.05, 0) is 146 Å². The second-order valence-corrected chi connectivity index (χ2v) is 31.4. The van der Waals surface area contributed by atoms with Crippen LogP contribution in [0.25, 0.3) is 0 Å². The molecule has 3 rings (SSSR count). The molecule has 3 fully saturated rings. The molecule has 0 radical (unpaired) electrons. The number of unbranched alkanes of at least 4 members (excludes halogenated alkanes) is 4. The van der Waals surface area contributed by atoms with Gasteiger partial charge >= 0.3 is 5.97 Å². The Balaban J connectivity index is 1.06. The van der Waals surface area contributed by atoms with Crippen LogP contribution in [0, 0.1) is 29.6 Å². The number of carboxylic acid groups (broad SMARTS) is 1. The highest BCUT2D eigenvalue weighted by molar-refractivity contribution is 5.76. The number of carbonyl (C=O) groups excluding carboxylic acids is 1. The summed E-state index contributed by atoms with van der Waals surface area (Å²) in [5, 5.41) is 105. The van der Waals surface area contributed by atoms with Crippen LogP contribution in [-0.4, -0.2) is 384 Å². The fraction of sp³-hybridized carbons (Fsp3) is 0.976. The largest absolute Gasteiger partial charge is 0.480 e. The van der Waals surface area contributed by atoms with Gasteiger partial charge in [-0.2, -0.15) is 0 Å². The first kappa shape index (κ1) is 114. The number of nitrogens with two attached hydrogens (primary N) is 4. The fourth-order valence-electron chi connectivity index (χ4n) is 15.4. The molecule has 0 aromatic heterocycles. The normalized spacial score (nSPS) is 19.5. The lowest BCUT2D eigenvalue weighted by Crippen LogP contribution is -2.52. The van der Waals surface area contributed by atoms with E-state index in [1.54, 1.807) is 0 Å². The van der Waals surface area contributed by atoms with Gasteiger partial charge in [0.2, 0.25) is 12.3 Å². The van der Waals surface area contributed by atoms with Crippen LogP contribution in [0.15, 0.2) is 0 Å². The van der Waals surface area contributed by atoms with Crippen LogP contribution in [0.5, 0.6) is 0 Å². The van der Waals surface area contributed by atoms with E-state index in [4.69, 9.17) is 103 Å². The molecule has 16 atom stereocenters. The molecule has 15 unspecified atom stereocenters. The number of hydrogen-bond acceptors (Lipinski definition) is 36. The van der Waals surface area contributed by atoms with E-state index >= 15 is 0 Å². The van der Waals surface area contributed by atoms with Crippen molar-refractivity contribution in [2.45, 2.75) is 235 Å². The monoisotopic (exact) mass is 1770 g/mol. The first-order chi connectivity index (χ1) is 59.7. The predicted molar refractivity (Wildman–Crippen MR) is 459 cm³/mol. The Kier molecular flexibility index (Phi) is 76.3. The van der Waals surface area contributed by atoms with Crippen LogP contribution in [0.2, 0.25) is 0 Å². The minimum absolute atomic E-state index is 0.132. The molecule has 3 aliphatic rings. The van der Waals surface area contributed by atoms with Crippen molar-refractivity contribution < 1.29 is 131 Å². The second kappa shape index (κ2) is 81.8. The molecule has 38 heteroatoms. The molecule has 1 amide bonds. The smallest absolute Gasteiger partial charge is 0.320 e. The predicted octanol–water partition coefficient (Wildman–Crippen LogP) is -0.191. The molecule has 3 aliphatic carbocycles. The summed E-state index contributed by atoms with van der Waals surface area (Å²) < 4.78 is 95.9. The third-order valence-corrected chi connectivity index (χ3v) is 21.9. The van der Waals surface area contributed by atoms with Crippen LogP contribution >= 0.6 is 0 Å². The van der Waals surface area contributed by atoms with E-state index in [-0.39, 0.29) is 44.6 Å². The molecule has 38 nitrogen and oxygen atoms in total. The lowest BCUT2D eigenvalue weighted by atomic mass is 9.73. The number of fused-ring (bicyclic) bond motifs is 3. The lowest BCUT2D eigenvalue weighted by molar-refractivity contribution is -0.141. The van der Waals surface area contributed by atoms with Gasteiger partial charge in [0.25, 0.3) is 0 Å². The quantitative estimate of drug-likeness (QED) is 0.0277. The maximum absolute atomic E-state index is 12.8. The van der Waals surface area contributed by atoms with E-state index in [9.17, 15) is 50.4 Å². The zero-order valence-corrected chi connectivity index (χ0v) is 74.1. The minimum Gasteiger partial charge on any atom is -0.480 e. The van der Waals surface area contributed by atoms with E-state index < -0.39 is 67.8 Å². The molecule has 724 valence electrons. The first-order valence-corrected chi connectivity index (χ1v) is 46.1. The van der Waals surface area contributed by atoms with Gasteiger partial charge in [0.05, 0.1) is 224 Å². The highest BCUT2D eigenvalue weighted by atomic mass is 16.6. The van der Waals surface area contributed by atoms with Crippen LogP contribution in [0.3, 0.4) is 0 Å². The summed E-state index contributed by atoms with van der Waals surface area (Å²) in [6, 6.07) is -2.12. The number of carbonyl (C=O) groups is 2. The van der Waals surface area contributed by atoms with Crippen molar-refractivity contribution in [2.24, 2.45) is 52.5 Å². The summed E-state index contributed by atoms with van der Waals surface area (Å²) in [7, 11) is 0. The molecule has 0 aliphatic heterocycles. The van der Waals surface area contributed by atoms with Crippen molar-refractivity contribution in [1.29, 1.82) is 0 Å². The van der Waals surface area contributed by atoms with Gasteiger partial charge in [-0.25, -0.2) is 0 Å². The molecule has 0 spiro atoms. The molecule has 0 aromatic rings. The van der Waals surface area contributed by atoms with Crippen molar-refractivity contribution in [3.8, 4) is 0 Å². The zero-order chi connectivity index (χ0) is 88.0. The number of aliphatic hydroxyl groups is 7. The van der Waals surface area contributed by atoms with E-state index in [0.29, 0.717) is 308 Å². The molecular formula is C84H171N11O27. The van der Waals surface area contributed by atoms with Crippen LogP contribution in [0.4, 0.5) is 0 Å². The zero-order valence-electron chi connectivity index (χ0n) is 74.1. The van der Waals surface area contributed by atoms with Gasteiger partial charge in [-0.1, -0.05) is 51.4 Å². The Hall–Kier alpha value is -2.42. The highest BCUT2D eigenvalue weighted by Crippen LogP contribution is 2.57. The summed E-state index contributed by atoms with van der Waals surface area (Å²) in [5.74, 6) is 2.59. The van der Waals surface area contributed by atoms with Crippen molar-refractivity contribution in [3.63, 3.8) is 0 Å². The number of amides is 1. The third-order valence-electron chi connectivity index (χ3n) is 21.9. The van der Waals surface area contributed by atoms with Crippen molar-refractivity contribution in [1.82, 2.24) is 37.2 Å². The van der Waals surface area contributed by atoms with Gasteiger partial charge in [0, 0.05) is 64.0 Å². The average molecular weight is 1770 g/mol. The maximum Gasteiger partial charge on any atom is 0.320 e. The Morgan fingerprint density at radius 3 is 1.02 bits per heavy atom. The molecule has 122 heavy (non-hydrogen) atoms. The summed E-state index contributed by atoms with van der Waals surface area (Å²) in [4.78, 5) is 24.2. The van der Waals surface area contributed by atoms with Gasteiger partial charge in [0.15, 0.2) is 0 Å². The fourth-order valence-corrected chi connectivity index (χ4v) is 15.4. The van der Waals surface area contributed by atoms with Crippen LogP contribution in [-0.2, 0) is 90.1 Å². The van der Waals surface area contributed by atoms with Gasteiger partial charge in [-0.15, -0.1) is 0 Å². The Bertz CT molecular complexity index is 2280. The van der Waals surface area contributed by atoms with E-state index in [0.717, 1.165) is 68.6 Å². The molecule has 0 heterocycles. The van der Waals surface area contributed by atoms with Crippen LogP contribution in [0.1, 0.15) is 167 Å². The lowest BCUT2D eigenvalue weighted by Gasteiger charge is -2.32. The van der Waals surface area contributed by atoms with E-state index in [1.807, 2.05) is 0 Å². The van der Waals surface area contributed by atoms with Crippen molar-refractivity contribution in [3.05, 3.63) is 0 Å². The minimum atomic E-state index is -1.01. The Labute approximate surface area is 728 Å². The number of nitrogens with one attached hydrogen (secondary N) is 7. The molecular weight excluding hydrogens is 1590 g/mol. The summed E-state index contributed by atoms with van der Waals surface area (Å²) in [6.07, 6.45) is 14.7. The van der Waals surface area contributed by atoms with Gasteiger partial charge in [-0.3, -0.25) is 41.5 Å². The number of aliphatic hydroxyl groups excluding tert-OH is 7. The van der Waals surface area contributed by atoms with E-state index in [1.165, 1.54) is 51.4 Å². The number of ether oxygens (including phenoxy) is 17. The summed E-state index contributed by atoms with van der Waals surface area (Å²) in [5.41, 5.74) is 22.7. The molecule has 3 saturated carbocycles. The third kappa shape index (κ3) is 62.0. The standard InChI is InChI=1S/C84H171N11O27/c85-27-9-5-18-72(76(96)22-13-34-106-42-50-114-58-59-115-52-44-108-36-24-78(98)93-73(19-6-10-28-86)81(101)90-32-40-112-48-56-120-64-61-118-54-46-110-38-26-80(100)95-75(83(103)104)21-8-12-30-88)92-77(97)23-35-107-43-51-116-60-63-119-55-47-111-39-31-89-82(102)74(20-7-11-29-87)94-79(99)25-37-109-45-53-117-62-65-121-57-49-113-41-33-91-84(105)122-66-71-69-16-3-1-14-67(69)68-15-2-4-17-70(68)71/h67-78,80-82,84,89-93,95-98,100-102,105H,1-66,85-88H2,(H,94,99)(H,103,104)/t67-,68?,69?,70?,71?,72?,73?,74?,75?,76?,77?,78?,80?,81?,82?,84?/m1/s1. The van der Waals surface area contributed by atoms with Gasteiger partial charge < -0.3 is 150 Å². The topological polar surface area (TPSA) is 541 Å². The molecule has 0 bridgehead atoms. The highest BCUT2D eigenvalue weighted by Gasteiger charge is 2.51. The molecule has 0 aromatic carbocycles. The van der Waals surface area contributed by atoms with Gasteiger partial charge in [0.1, 0.15) is 37.2 Å². The Morgan fingerprint density at radius 2 is 0.623 bits per heavy atom. The van der Waals surface area contributed by atoms with Crippen molar-refractivity contribution in [2.75, 3.05) is 264 Å². The SMILES string of the molecule is NCCCCC(NC(O)CCOCCOCCOCCOCCNC(O)C(CCCCN)NC(O)CCOCCOCCOCCOCCCC(O)C(CCCCN)NC(O)CCOCCOCCOCCOCCNC(O)C(CCCCN)NC(=O)CCOCCOCCOCCOCCNC(O)OCC1C2CCCCC2[C@H]2CCCCC12)C(=O)O. The molecule has 23 N–H and O–H groups in total. The first-order valence-electron chi connectivity index (χ1n) is 46.1. The number of rotatable bonds is 94. The second-order valence-electron chi connectivity index (χ2n) is 31.4. The maximum atomic E-state index is 12.8. The summed E-state index contributed by atoms with van der Waals surface area (Å²) in [6.45, 7) is 15.3. The number of hydrogen-bond donors (Lipinski definition) is 19. The van der Waals surface area contributed by atoms with Crippen molar-refractivity contribution >= 4 is 11.9 Å². The van der Waals surface area contributed by atoms with E-state index in [2.05, 4.69) is 37.2 Å². The van der Waals surface area contributed by atoms with Crippen LogP contribution < -0.4 is 60.2 Å². The average Bonchev–Trinajstić information content (AvgIpc) is 1.62. The molecule has 0 saturated heterocycles. The number of aliphatic carboxylic acids is 1. The summed E-state index contributed by atoms with van der Waals surface area (Å²) >= 11 is 0. The Morgan fingerprint density at radius 1 is 0.311 bits per heavy atom.